The van der Waals surface area contributed by atoms with Crippen molar-refractivity contribution < 1.29 is 14.9 Å². The highest BCUT2D eigenvalue weighted by Gasteiger charge is 2.00. The highest BCUT2D eigenvalue weighted by Crippen LogP contribution is 2.22. The highest BCUT2D eigenvalue weighted by atomic mass is 16.5. The van der Waals surface area contributed by atoms with Gasteiger partial charge in [-0.2, -0.15) is 0 Å². The van der Waals surface area contributed by atoms with E-state index in [9.17, 15) is 10.2 Å². The second-order valence-corrected chi connectivity index (χ2v) is 3.96. The highest BCUT2D eigenvalue weighted by molar-refractivity contribution is 5.37. The third-order valence-corrected chi connectivity index (χ3v) is 2.35. The van der Waals surface area contributed by atoms with Crippen molar-refractivity contribution >= 4 is 0 Å². The van der Waals surface area contributed by atoms with Crippen molar-refractivity contribution in [3.8, 4) is 17.2 Å². The Morgan fingerprint density at radius 1 is 1.00 bits per heavy atom. The van der Waals surface area contributed by atoms with E-state index in [0.717, 1.165) is 11.1 Å². The van der Waals surface area contributed by atoms with Gasteiger partial charge in [-0.05, 0) is 42.3 Å². The summed E-state index contributed by atoms with van der Waals surface area (Å²) in [7, 11) is 0. The fraction of sp³-hybridized carbons (Fsp3) is 0.143. The number of benzene rings is 2. The third kappa shape index (κ3) is 3.14. The largest absolute Gasteiger partial charge is 0.508 e. The van der Waals surface area contributed by atoms with Crippen molar-refractivity contribution in [2.45, 2.75) is 13.5 Å². The Morgan fingerprint density at radius 3 is 2.53 bits per heavy atom. The van der Waals surface area contributed by atoms with Crippen LogP contribution >= 0.6 is 0 Å². The minimum Gasteiger partial charge on any atom is -0.508 e. The molecular weight excluding hydrogens is 216 g/mol. The molecule has 0 saturated heterocycles. The molecule has 88 valence electrons. The van der Waals surface area contributed by atoms with Gasteiger partial charge in [-0.1, -0.05) is 12.1 Å². The second-order valence-electron chi connectivity index (χ2n) is 3.96. The van der Waals surface area contributed by atoms with Gasteiger partial charge >= 0.3 is 0 Å². The van der Waals surface area contributed by atoms with Crippen LogP contribution in [0.5, 0.6) is 17.2 Å². The van der Waals surface area contributed by atoms with E-state index >= 15 is 0 Å². The van der Waals surface area contributed by atoms with Gasteiger partial charge in [0, 0.05) is 6.07 Å². The van der Waals surface area contributed by atoms with Crippen LogP contribution in [0, 0.1) is 6.92 Å². The molecule has 0 aromatic heterocycles. The zero-order valence-corrected chi connectivity index (χ0v) is 9.55. The summed E-state index contributed by atoms with van der Waals surface area (Å²) in [5.41, 5.74) is 1.82. The predicted octanol–water partition coefficient (Wildman–Crippen LogP) is 2.99. The fourth-order valence-electron chi connectivity index (χ4n) is 1.62. The van der Waals surface area contributed by atoms with Gasteiger partial charge in [-0.25, -0.2) is 0 Å². The van der Waals surface area contributed by atoms with E-state index in [1.165, 1.54) is 0 Å². The maximum absolute atomic E-state index is 9.42. The van der Waals surface area contributed by atoms with E-state index in [1.807, 2.05) is 19.1 Å². The molecule has 3 nitrogen and oxygen atoms in total. The summed E-state index contributed by atoms with van der Waals surface area (Å²) < 4.78 is 5.54. The molecule has 0 saturated carbocycles. The monoisotopic (exact) mass is 230 g/mol. The average Bonchev–Trinajstić information content (AvgIpc) is 2.25. The van der Waals surface area contributed by atoms with Crippen LogP contribution in [0.4, 0.5) is 0 Å². The molecule has 0 aliphatic rings. The lowest BCUT2D eigenvalue weighted by Crippen LogP contribution is -1.95. The number of aryl methyl sites for hydroxylation is 1. The standard InChI is InChI=1S/C14H14O3/c1-10-5-13(16)8-14(6-10)17-9-11-3-2-4-12(15)7-11/h2-8,15-16H,9H2,1H3. The first-order valence-corrected chi connectivity index (χ1v) is 5.35. The number of phenolic OH excluding ortho intramolecular Hbond substituents is 2. The van der Waals surface area contributed by atoms with Gasteiger partial charge in [-0.15, -0.1) is 0 Å². The number of rotatable bonds is 3. The third-order valence-electron chi connectivity index (χ3n) is 2.35. The molecule has 3 heteroatoms. The van der Waals surface area contributed by atoms with E-state index in [4.69, 9.17) is 4.74 Å². The Hall–Kier alpha value is -2.16. The Labute approximate surface area is 99.9 Å². The van der Waals surface area contributed by atoms with Crippen molar-refractivity contribution in [3.63, 3.8) is 0 Å². The Morgan fingerprint density at radius 2 is 1.82 bits per heavy atom. The number of hydrogen-bond acceptors (Lipinski definition) is 3. The first kappa shape index (κ1) is 11.3. The molecule has 2 aromatic rings. The molecule has 0 bridgehead atoms. The van der Waals surface area contributed by atoms with Crippen LogP contribution in [0.3, 0.4) is 0 Å². The molecule has 17 heavy (non-hydrogen) atoms. The maximum atomic E-state index is 9.42. The maximum Gasteiger partial charge on any atom is 0.123 e. The predicted molar refractivity (Wildman–Crippen MR) is 65.3 cm³/mol. The zero-order chi connectivity index (χ0) is 12.3. The minimum absolute atomic E-state index is 0.191. The molecule has 0 aliphatic carbocycles. The molecule has 2 aromatic carbocycles. The van der Waals surface area contributed by atoms with Gasteiger partial charge in [0.2, 0.25) is 0 Å². The lowest BCUT2D eigenvalue weighted by molar-refractivity contribution is 0.303. The van der Waals surface area contributed by atoms with E-state index in [0.29, 0.717) is 12.4 Å². The van der Waals surface area contributed by atoms with Crippen LogP contribution in [-0.2, 0) is 6.61 Å². The van der Waals surface area contributed by atoms with Crippen molar-refractivity contribution in [1.82, 2.24) is 0 Å². The summed E-state index contributed by atoms with van der Waals surface area (Å²) in [5, 5.41) is 18.7. The van der Waals surface area contributed by atoms with E-state index in [2.05, 4.69) is 0 Å². The molecular formula is C14H14O3. The summed E-state index contributed by atoms with van der Waals surface area (Å²) in [6.07, 6.45) is 0. The van der Waals surface area contributed by atoms with Crippen molar-refractivity contribution in [3.05, 3.63) is 53.6 Å². The van der Waals surface area contributed by atoms with Gasteiger partial charge in [0.05, 0.1) is 0 Å². The summed E-state index contributed by atoms with van der Waals surface area (Å²) in [5.74, 6) is 1.03. The first-order valence-electron chi connectivity index (χ1n) is 5.35. The smallest absolute Gasteiger partial charge is 0.123 e. The summed E-state index contributed by atoms with van der Waals surface area (Å²) in [6.45, 7) is 2.25. The van der Waals surface area contributed by atoms with Gasteiger partial charge in [-0.3, -0.25) is 0 Å². The summed E-state index contributed by atoms with van der Waals surface area (Å²) >= 11 is 0. The van der Waals surface area contributed by atoms with Gasteiger partial charge in [0.15, 0.2) is 0 Å². The molecule has 0 radical (unpaired) electrons. The van der Waals surface area contributed by atoms with Crippen molar-refractivity contribution in [1.29, 1.82) is 0 Å². The molecule has 0 fully saturated rings. The quantitative estimate of drug-likeness (QED) is 0.852. The van der Waals surface area contributed by atoms with E-state index in [-0.39, 0.29) is 11.5 Å². The molecule has 2 N–H and O–H groups in total. The van der Waals surface area contributed by atoms with Crippen LogP contribution in [0.1, 0.15) is 11.1 Å². The Bertz CT molecular complexity index is 500. The van der Waals surface area contributed by atoms with Crippen molar-refractivity contribution in [2.75, 3.05) is 0 Å². The lowest BCUT2D eigenvalue weighted by Gasteiger charge is -2.08. The van der Waals surface area contributed by atoms with Gasteiger partial charge in [0.1, 0.15) is 23.9 Å². The first-order chi connectivity index (χ1) is 8.13. The van der Waals surface area contributed by atoms with E-state index in [1.54, 1.807) is 30.3 Å². The molecule has 0 amide bonds. The van der Waals surface area contributed by atoms with Crippen LogP contribution in [0.15, 0.2) is 42.5 Å². The number of aromatic hydroxyl groups is 2. The minimum atomic E-state index is 0.191. The topological polar surface area (TPSA) is 49.7 Å². The van der Waals surface area contributed by atoms with Gasteiger partial charge in [0.25, 0.3) is 0 Å². The van der Waals surface area contributed by atoms with Crippen LogP contribution in [0.2, 0.25) is 0 Å². The van der Waals surface area contributed by atoms with E-state index < -0.39 is 0 Å². The van der Waals surface area contributed by atoms with Crippen LogP contribution in [-0.4, -0.2) is 10.2 Å². The fourth-order valence-corrected chi connectivity index (χ4v) is 1.62. The lowest BCUT2D eigenvalue weighted by atomic mass is 10.2. The molecule has 0 aliphatic heterocycles. The Balaban J connectivity index is 2.07. The number of phenols is 2. The normalized spacial score (nSPS) is 10.2. The molecule has 2 rings (SSSR count). The number of hydrogen-bond donors (Lipinski definition) is 2. The molecule has 0 atom stereocenters. The average molecular weight is 230 g/mol. The second kappa shape index (κ2) is 4.78. The van der Waals surface area contributed by atoms with Crippen molar-refractivity contribution in [2.24, 2.45) is 0 Å². The molecule has 0 unspecified atom stereocenters. The molecule has 0 spiro atoms. The van der Waals surface area contributed by atoms with Crippen LogP contribution in [0.25, 0.3) is 0 Å². The molecule has 0 heterocycles. The Kier molecular flexibility index (Phi) is 3.19. The zero-order valence-electron chi connectivity index (χ0n) is 9.55. The van der Waals surface area contributed by atoms with Crippen LogP contribution < -0.4 is 4.74 Å². The van der Waals surface area contributed by atoms with Gasteiger partial charge < -0.3 is 14.9 Å². The SMILES string of the molecule is Cc1cc(O)cc(OCc2cccc(O)c2)c1. The summed E-state index contributed by atoms with van der Waals surface area (Å²) in [6, 6.07) is 12.0. The summed E-state index contributed by atoms with van der Waals surface area (Å²) in [4.78, 5) is 0. The number of ether oxygens (including phenoxy) is 1.